The van der Waals surface area contributed by atoms with Crippen molar-refractivity contribution in [1.29, 1.82) is 0 Å². The van der Waals surface area contributed by atoms with Gasteiger partial charge in [0.2, 0.25) is 0 Å². The molecule has 0 spiro atoms. The number of aryl methyl sites for hydroxylation is 2. The molecule has 2 N–H and O–H groups in total. The second-order valence-electron chi connectivity index (χ2n) is 5.30. The van der Waals surface area contributed by atoms with Crippen LogP contribution in [0.25, 0.3) is 0 Å². The van der Waals surface area contributed by atoms with E-state index in [4.69, 9.17) is 0 Å². The summed E-state index contributed by atoms with van der Waals surface area (Å²) in [5.74, 6) is 0.633. The fraction of sp³-hybridized carbons (Fsp3) is 0.714. The fourth-order valence-corrected chi connectivity index (χ4v) is 2.94. The molecule has 0 bridgehead atoms. The number of halogens is 3. The first kappa shape index (κ1) is 19.7. The van der Waals surface area contributed by atoms with E-state index in [0.717, 1.165) is 15.6 Å². The summed E-state index contributed by atoms with van der Waals surface area (Å²) >= 11 is 1.63. The SMILES string of the molecule is CN=C(NCCCN(C)CC(F)(F)F)NCc1sc(C)nc1C. The maximum atomic E-state index is 12.2. The van der Waals surface area contributed by atoms with Crippen LogP contribution in [-0.2, 0) is 6.54 Å². The smallest absolute Gasteiger partial charge is 0.356 e. The van der Waals surface area contributed by atoms with Gasteiger partial charge in [0.15, 0.2) is 5.96 Å². The standard InChI is InChI=1S/C14H24F3N5S/c1-10-12(23-11(2)21-10)8-20-13(18-3)19-6-5-7-22(4)9-14(15,16)17/h5-9H2,1-4H3,(H2,18,19,20). The first-order valence-electron chi connectivity index (χ1n) is 7.34. The van der Waals surface area contributed by atoms with Crippen molar-refractivity contribution >= 4 is 17.3 Å². The minimum absolute atomic E-state index is 0.372. The topological polar surface area (TPSA) is 52.6 Å². The summed E-state index contributed by atoms with van der Waals surface area (Å²) in [5, 5.41) is 7.30. The zero-order valence-electron chi connectivity index (χ0n) is 13.9. The summed E-state index contributed by atoms with van der Waals surface area (Å²) in [5.41, 5.74) is 1.00. The summed E-state index contributed by atoms with van der Waals surface area (Å²) in [6, 6.07) is 0. The normalized spacial score (nSPS) is 12.8. The van der Waals surface area contributed by atoms with Crippen LogP contribution in [0.4, 0.5) is 13.2 Å². The van der Waals surface area contributed by atoms with Gasteiger partial charge in [0, 0.05) is 18.5 Å². The zero-order chi connectivity index (χ0) is 17.5. The first-order chi connectivity index (χ1) is 10.7. The third kappa shape index (κ3) is 8.17. The van der Waals surface area contributed by atoms with Gasteiger partial charge in [-0.1, -0.05) is 0 Å². The van der Waals surface area contributed by atoms with Gasteiger partial charge in [-0.2, -0.15) is 13.2 Å². The Balaban J connectivity index is 2.26. The van der Waals surface area contributed by atoms with Crippen molar-refractivity contribution in [2.24, 2.45) is 4.99 Å². The maximum absolute atomic E-state index is 12.2. The van der Waals surface area contributed by atoms with Crippen LogP contribution in [0.3, 0.4) is 0 Å². The van der Waals surface area contributed by atoms with Gasteiger partial charge in [0.25, 0.3) is 0 Å². The average Bonchev–Trinajstić information content (AvgIpc) is 2.74. The minimum atomic E-state index is -4.15. The van der Waals surface area contributed by atoms with Crippen molar-refractivity contribution in [1.82, 2.24) is 20.5 Å². The summed E-state index contributed by atoms with van der Waals surface area (Å²) in [4.78, 5) is 10.9. The van der Waals surface area contributed by atoms with Crippen LogP contribution in [0.1, 0.15) is 22.0 Å². The van der Waals surface area contributed by atoms with Crippen LogP contribution in [0.2, 0.25) is 0 Å². The molecule has 1 aromatic heterocycles. The van der Waals surface area contributed by atoms with Crippen molar-refractivity contribution in [3.8, 4) is 0 Å². The number of nitrogens with one attached hydrogen (secondary N) is 2. The molecule has 0 amide bonds. The van der Waals surface area contributed by atoms with Crippen molar-refractivity contribution < 1.29 is 13.2 Å². The monoisotopic (exact) mass is 351 g/mol. The molecule has 23 heavy (non-hydrogen) atoms. The Kier molecular flexibility index (Phi) is 7.77. The van der Waals surface area contributed by atoms with Crippen LogP contribution >= 0.6 is 11.3 Å². The molecule has 0 radical (unpaired) electrons. The van der Waals surface area contributed by atoms with E-state index in [2.05, 4.69) is 20.6 Å². The van der Waals surface area contributed by atoms with Crippen molar-refractivity contribution in [2.45, 2.75) is 33.0 Å². The predicted octanol–water partition coefficient (Wildman–Crippen LogP) is 2.31. The number of aliphatic imine (C=N–C) groups is 1. The van der Waals surface area contributed by atoms with E-state index in [1.807, 2.05) is 13.8 Å². The summed E-state index contributed by atoms with van der Waals surface area (Å²) in [6.07, 6.45) is -3.55. The van der Waals surface area contributed by atoms with Gasteiger partial charge in [-0.25, -0.2) is 4.98 Å². The Bertz CT molecular complexity index is 513. The number of hydrogen-bond acceptors (Lipinski definition) is 4. The van der Waals surface area contributed by atoms with E-state index in [0.29, 0.717) is 32.0 Å². The highest BCUT2D eigenvalue weighted by Crippen LogP contribution is 2.16. The Morgan fingerprint density at radius 2 is 2.00 bits per heavy atom. The molecule has 1 heterocycles. The van der Waals surface area contributed by atoms with Gasteiger partial charge >= 0.3 is 6.18 Å². The van der Waals surface area contributed by atoms with Gasteiger partial charge in [0.1, 0.15) is 0 Å². The Morgan fingerprint density at radius 3 is 2.52 bits per heavy atom. The van der Waals surface area contributed by atoms with Gasteiger partial charge < -0.3 is 10.6 Å². The number of rotatable bonds is 7. The van der Waals surface area contributed by atoms with Crippen LogP contribution in [0.15, 0.2) is 4.99 Å². The van der Waals surface area contributed by atoms with E-state index in [1.165, 1.54) is 11.9 Å². The highest BCUT2D eigenvalue weighted by Gasteiger charge is 2.28. The first-order valence-corrected chi connectivity index (χ1v) is 8.15. The lowest BCUT2D eigenvalue weighted by atomic mass is 10.3. The van der Waals surface area contributed by atoms with Crippen LogP contribution < -0.4 is 10.6 Å². The molecule has 0 aliphatic carbocycles. The Hall–Kier alpha value is -1.35. The molecule has 132 valence electrons. The Labute approximate surface area is 139 Å². The number of thiazole rings is 1. The number of hydrogen-bond donors (Lipinski definition) is 2. The number of aromatic nitrogens is 1. The van der Waals surface area contributed by atoms with E-state index >= 15 is 0 Å². The lowest BCUT2D eigenvalue weighted by Crippen LogP contribution is -2.38. The molecular formula is C14H24F3N5S. The number of nitrogens with zero attached hydrogens (tertiary/aromatic N) is 3. The van der Waals surface area contributed by atoms with Crippen molar-refractivity contribution in [3.63, 3.8) is 0 Å². The highest BCUT2D eigenvalue weighted by atomic mass is 32.1. The van der Waals surface area contributed by atoms with Crippen molar-refractivity contribution in [3.05, 3.63) is 15.6 Å². The van der Waals surface area contributed by atoms with Crippen LogP contribution in [-0.4, -0.2) is 55.7 Å². The summed E-state index contributed by atoms with van der Waals surface area (Å²) < 4.78 is 36.6. The molecular weight excluding hydrogens is 327 g/mol. The molecule has 0 saturated carbocycles. The van der Waals surface area contributed by atoms with E-state index in [1.54, 1.807) is 18.4 Å². The molecule has 0 aromatic carbocycles. The molecule has 0 atom stereocenters. The van der Waals surface area contributed by atoms with Crippen LogP contribution in [0, 0.1) is 13.8 Å². The summed E-state index contributed by atoms with van der Waals surface area (Å²) in [6.45, 7) is 4.60. The van der Waals surface area contributed by atoms with Crippen LogP contribution in [0.5, 0.6) is 0 Å². The van der Waals surface area contributed by atoms with E-state index in [9.17, 15) is 13.2 Å². The quantitative estimate of drug-likeness (QED) is 0.450. The van der Waals surface area contributed by atoms with Gasteiger partial charge in [0.05, 0.1) is 23.8 Å². The van der Waals surface area contributed by atoms with Gasteiger partial charge in [-0.15, -0.1) is 11.3 Å². The minimum Gasteiger partial charge on any atom is -0.356 e. The lowest BCUT2D eigenvalue weighted by Gasteiger charge is -2.18. The molecule has 0 fully saturated rings. The molecule has 1 rings (SSSR count). The molecule has 0 aliphatic rings. The third-order valence-corrected chi connectivity index (χ3v) is 4.17. The largest absolute Gasteiger partial charge is 0.401 e. The molecule has 1 aromatic rings. The molecule has 0 saturated heterocycles. The van der Waals surface area contributed by atoms with Gasteiger partial charge in [-0.3, -0.25) is 9.89 Å². The molecule has 0 aliphatic heterocycles. The van der Waals surface area contributed by atoms with E-state index in [-0.39, 0.29) is 0 Å². The molecule has 5 nitrogen and oxygen atoms in total. The lowest BCUT2D eigenvalue weighted by molar-refractivity contribution is -0.143. The van der Waals surface area contributed by atoms with Gasteiger partial charge in [-0.05, 0) is 33.9 Å². The molecule has 0 unspecified atom stereocenters. The number of alkyl halides is 3. The second kappa shape index (κ2) is 9.07. The fourth-order valence-electron chi connectivity index (χ4n) is 2.06. The highest BCUT2D eigenvalue weighted by molar-refractivity contribution is 7.11. The second-order valence-corrected chi connectivity index (χ2v) is 6.59. The third-order valence-electron chi connectivity index (χ3n) is 3.10. The zero-order valence-corrected chi connectivity index (χ0v) is 14.7. The average molecular weight is 351 g/mol. The Morgan fingerprint density at radius 1 is 1.30 bits per heavy atom. The maximum Gasteiger partial charge on any atom is 0.401 e. The number of guanidine groups is 1. The van der Waals surface area contributed by atoms with E-state index < -0.39 is 12.7 Å². The molecule has 9 heteroatoms. The predicted molar refractivity (Wildman–Crippen MR) is 88.0 cm³/mol. The summed E-state index contributed by atoms with van der Waals surface area (Å²) in [7, 11) is 3.13. The van der Waals surface area contributed by atoms with Crippen molar-refractivity contribution in [2.75, 3.05) is 33.7 Å².